The summed E-state index contributed by atoms with van der Waals surface area (Å²) in [7, 11) is 0. The Hall–Kier alpha value is -0.870. The van der Waals surface area contributed by atoms with Crippen LogP contribution in [0.15, 0.2) is 16.8 Å². The van der Waals surface area contributed by atoms with Gasteiger partial charge in [-0.05, 0) is 41.7 Å². The molecule has 1 amide bonds. The molecule has 0 saturated carbocycles. The van der Waals surface area contributed by atoms with Crippen molar-refractivity contribution in [2.75, 3.05) is 6.54 Å². The Kier molecular flexibility index (Phi) is 5.65. The molecule has 1 aromatic rings. The summed E-state index contributed by atoms with van der Waals surface area (Å²) in [5, 5.41) is 7.11. The van der Waals surface area contributed by atoms with Crippen molar-refractivity contribution in [2.24, 2.45) is 17.6 Å². The molecule has 1 heterocycles. The number of carbonyl (C=O) groups is 1. The third kappa shape index (κ3) is 4.48. The molecular weight excluding hydrogens is 232 g/mol. The Bertz CT molecular complexity index is 335. The molecule has 3 N–H and O–H groups in total. The van der Waals surface area contributed by atoms with Crippen molar-refractivity contribution in [1.29, 1.82) is 0 Å². The highest BCUT2D eigenvalue weighted by Crippen LogP contribution is 2.17. The molecule has 2 unspecified atom stereocenters. The van der Waals surface area contributed by atoms with Gasteiger partial charge in [0.1, 0.15) is 0 Å². The highest BCUT2D eigenvalue weighted by atomic mass is 32.1. The van der Waals surface area contributed by atoms with E-state index in [1.54, 1.807) is 11.3 Å². The number of carbonyl (C=O) groups excluding carboxylic acids is 1. The van der Waals surface area contributed by atoms with Crippen molar-refractivity contribution < 1.29 is 4.79 Å². The lowest BCUT2D eigenvalue weighted by atomic mass is 9.96. The van der Waals surface area contributed by atoms with Gasteiger partial charge >= 0.3 is 0 Å². The smallest absolute Gasteiger partial charge is 0.224 e. The minimum absolute atomic E-state index is 0.0648. The van der Waals surface area contributed by atoms with Gasteiger partial charge in [-0.3, -0.25) is 4.79 Å². The summed E-state index contributed by atoms with van der Waals surface area (Å²) >= 11 is 1.64. The van der Waals surface area contributed by atoms with Gasteiger partial charge in [-0.1, -0.05) is 13.8 Å². The van der Waals surface area contributed by atoms with Crippen molar-refractivity contribution in [3.63, 3.8) is 0 Å². The second-order valence-corrected chi connectivity index (χ2v) is 5.63. The maximum Gasteiger partial charge on any atom is 0.224 e. The van der Waals surface area contributed by atoms with E-state index in [0.29, 0.717) is 12.5 Å². The summed E-state index contributed by atoms with van der Waals surface area (Å²) in [6, 6.07) is 2.10. The molecule has 4 heteroatoms. The fourth-order valence-corrected chi connectivity index (χ4v) is 2.57. The second kappa shape index (κ2) is 6.77. The molecule has 2 atom stereocenters. The lowest BCUT2D eigenvalue weighted by Crippen LogP contribution is -2.37. The van der Waals surface area contributed by atoms with E-state index in [9.17, 15) is 4.79 Å². The first kappa shape index (κ1) is 14.2. The number of nitrogens with two attached hydrogens (primary N) is 1. The Labute approximate surface area is 107 Å². The molecule has 0 aliphatic heterocycles. The van der Waals surface area contributed by atoms with Gasteiger partial charge in [0.2, 0.25) is 5.91 Å². The minimum atomic E-state index is -0.0731. The van der Waals surface area contributed by atoms with Gasteiger partial charge in [0, 0.05) is 6.54 Å². The van der Waals surface area contributed by atoms with Crippen LogP contribution in [0.1, 0.15) is 38.8 Å². The summed E-state index contributed by atoms with van der Waals surface area (Å²) in [4.78, 5) is 12.0. The van der Waals surface area contributed by atoms with Crippen LogP contribution in [0.2, 0.25) is 0 Å². The number of hydrogen-bond acceptors (Lipinski definition) is 3. The SMILES string of the molecule is CC(C)CC(CN)C(=O)NC(C)c1ccsc1. The summed E-state index contributed by atoms with van der Waals surface area (Å²) in [5.74, 6) is 0.488. The van der Waals surface area contributed by atoms with Crippen LogP contribution in [0.5, 0.6) is 0 Å². The van der Waals surface area contributed by atoms with Crippen LogP contribution in [-0.4, -0.2) is 12.5 Å². The van der Waals surface area contributed by atoms with Gasteiger partial charge in [-0.15, -0.1) is 0 Å². The fraction of sp³-hybridized carbons (Fsp3) is 0.615. The van der Waals surface area contributed by atoms with Crippen molar-refractivity contribution in [3.8, 4) is 0 Å². The van der Waals surface area contributed by atoms with E-state index >= 15 is 0 Å². The highest BCUT2D eigenvalue weighted by Gasteiger charge is 2.20. The van der Waals surface area contributed by atoms with Gasteiger partial charge in [0.25, 0.3) is 0 Å². The van der Waals surface area contributed by atoms with Crippen LogP contribution < -0.4 is 11.1 Å². The highest BCUT2D eigenvalue weighted by molar-refractivity contribution is 7.07. The molecule has 1 rings (SSSR count). The molecule has 3 nitrogen and oxygen atoms in total. The Balaban J connectivity index is 2.52. The first-order chi connectivity index (χ1) is 8.04. The molecule has 0 saturated heterocycles. The molecule has 0 aromatic carbocycles. The molecule has 0 aliphatic carbocycles. The zero-order chi connectivity index (χ0) is 12.8. The first-order valence-corrected chi connectivity index (χ1v) is 7.01. The molecule has 0 radical (unpaired) electrons. The summed E-state index contributed by atoms with van der Waals surface area (Å²) in [6.45, 7) is 6.64. The molecule has 0 bridgehead atoms. The third-order valence-electron chi connectivity index (χ3n) is 2.81. The van der Waals surface area contributed by atoms with Crippen molar-refractivity contribution in [1.82, 2.24) is 5.32 Å². The maximum atomic E-state index is 12.0. The van der Waals surface area contributed by atoms with Gasteiger partial charge in [0.05, 0.1) is 12.0 Å². The quantitative estimate of drug-likeness (QED) is 0.819. The van der Waals surface area contributed by atoms with Crippen LogP contribution >= 0.6 is 11.3 Å². The average Bonchev–Trinajstić information content (AvgIpc) is 2.78. The monoisotopic (exact) mass is 254 g/mol. The molecule has 17 heavy (non-hydrogen) atoms. The molecule has 0 fully saturated rings. The van der Waals surface area contributed by atoms with E-state index in [-0.39, 0.29) is 17.9 Å². The second-order valence-electron chi connectivity index (χ2n) is 4.85. The minimum Gasteiger partial charge on any atom is -0.349 e. The van der Waals surface area contributed by atoms with Crippen LogP contribution in [0.25, 0.3) is 0 Å². The van der Waals surface area contributed by atoms with Crippen molar-refractivity contribution >= 4 is 17.2 Å². The molecular formula is C13H22N2OS. The van der Waals surface area contributed by atoms with E-state index in [4.69, 9.17) is 5.73 Å². The van der Waals surface area contributed by atoms with Gasteiger partial charge in [-0.2, -0.15) is 11.3 Å². The molecule has 0 spiro atoms. The van der Waals surface area contributed by atoms with E-state index in [0.717, 1.165) is 12.0 Å². The number of amides is 1. The number of nitrogens with one attached hydrogen (secondary N) is 1. The summed E-state index contributed by atoms with van der Waals surface area (Å²) < 4.78 is 0. The van der Waals surface area contributed by atoms with Crippen LogP contribution in [-0.2, 0) is 4.79 Å². The third-order valence-corrected chi connectivity index (χ3v) is 3.51. The normalized spacial score (nSPS) is 14.6. The topological polar surface area (TPSA) is 55.1 Å². The predicted octanol–water partition coefficient (Wildman–Crippen LogP) is 2.55. The Morgan fingerprint density at radius 3 is 2.65 bits per heavy atom. The van der Waals surface area contributed by atoms with Gasteiger partial charge in [0.15, 0.2) is 0 Å². The Morgan fingerprint density at radius 1 is 1.47 bits per heavy atom. The molecule has 0 aliphatic rings. The van der Waals surface area contributed by atoms with Crippen molar-refractivity contribution in [3.05, 3.63) is 22.4 Å². The number of rotatable bonds is 6. The van der Waals surface area contributed by atoms with Gasteiger partial charge < -0.3 is 11.1 Å². The van der Waals surface area contributed by atoms with E-state index in [2.05, 4.69) is 24.5 Å². The zero-order valence-corrected chi connectivity index (χ0v) is 11.6. The number of thiophene rings is 1. The van der Waals surface area contributed by atoms with E-state index in [1.807, 2.05) is 18.4 Å². The van der Waals surface area contributed by atoms with Crippen molar-refractivity contribution in [2.45, 2.75) is 33.2 Å². The summed E-state index contributed by atoms with van der Waals surface area (Å²) in [6.07, 6.45) is 0.846. The standard InChI is InChI=1S/C13H22N2OS/c1-9(2)6-12(7-14)13(16)15-10(3)11-4-5-17-8-11/h4-5,8-10,12H,6-7,14H2,1-3H3,(H,15,16). The van der Waals surface area contributed by atoms with E-state index < -0.39 is 0 Å². The van der Waals surface area contributed by atoms with Crippen LogP contribution in [0, 0.1) is 11.8 Å². The molecule has 1 aromatic heterocycles. The van der Waals surface area contributed by atoms with Gasteiger partial charge in [-0.25, -0.2) is 0 Å². The summed E-state index contributed by atoms with van der Waals surface area (Å²) in [5.41, 5.74) is 6.81. The van der Waals surface area contributed by atoms with Crippen LogP contribution in [0.4, 0.5) is 0 Å². The maximum absolute atomic E-state index is 12.0. The zero-order valence-electron chi connectivity index (χ0n) is 10.8. The van der Waals surface area contributed by atoms with Crippen LogP contribution in [0.3, 0.4) is 0 Å². The lowest BCUT2D eigenvalue weighted by Gasteiger charge is -2.20. The number of hydrogen-bond donors (Lipinski definition) is 2. The largest absolute Gasteiger partial charge is 0.349 e. The van der Waals surface area contributed by atoms with E-state index in [1.165, 1.54) is 0 Å². The lowest BCUT2D eigenvalue weighted by molar-refractivity contribution is -0.125. The Morgan fingerprint density at radius 2 is 2.18 bits per heavy atom. The first-order valence-electron chi connectivity index (χ1n) is 6.07. The molecule has 96 valence electrons. The fourth-order valence-electron chi connectivity index (χ4n) is 1.82. The predicted molar refractivity (Wildman–Crippen MR) is 72.9 cm³/mol. The average molecular weight is 254 g/mol.